The molecule has 0 fully saturated rings. The van der Waals surface area contributed by atoms with Gasteiger partial charge in [0.15, 0.2) is 5.16 Å². The summed E-state index contributed by atoms with van der Waals surface area (Å²) in [6.07, 6.45) is 1.84. The second-order valence-electron chi connectivity index (χ2n) is 7.06. The molecule has 0 aliphatic heterocycles. The van der Waals surface area contributed by atoms with Crippen molar-refractivity contribution in [2.45, 2.75) is 43.6 Å². The highest BCUT2D eigenvalue weighted by molar-refractivity contribution is 8.00. The van der Waals surface area contributed by atoms with Crippen molar-refractivity contribution in [1.82, 2.24) is 19.2 Å². The van der Waals surface area contributed by atoms with Gasteiger partial charge < -0.3 is 5.32 Å². The first kappa shape index (κ1) is 20.2. The summed E-state index contributed by atoms with van der Waals surface area (Å²) < 4.78 is 3.56. The summed E-state index contributed by atoms with van der Waals surface area (Å²) in [5, 5.41) is 12.3. The molecule has 4 aromatic rings. The number of anilines is 1. The van der Waals surface area contributed by atoms with Gasteiger partial charge in [0.05, 0.1) is 16.2 Å². The van der Waals surface area contributed by atoms with E-state index in [0.29, 0.717) is 22.9 Å². The minimum absolute atomic E-state index is 0.0645. The Morgan fingerprint density at radius 1 is 1.10 bits per heavy atom. The number of para-hydroxylation sites is 2. The Hall–Kier alpha value is -3.13. The molecule has 154 valence electrons. The van der Waals surface area contributed by atoms with Crippen LogP contribution < -0.4 is 10.9 Å². The number of fused-ring (bicyclic) bond motifs is 3. The van der Waals surface area contributed by atoms with Crippen LogP contribution in [0.4, 0.5) is 5.69 Å². The molecule has 30 heavy (non-hydrogen) atoms. The van der Waals surface area contributed by atoms with Crippen LogP contribution in [0.2, 0.25) is 0 Å². The summed E-state index contributed by atoms with van der Waals surface area (Å²) in [6, 6.07) is 16.8. The third-order valence-electron chi connectivity index (χ3n) is 4.91. The van der Waals surface area contributed by atoms with Gasteiger partial charge in [0.1, 0.15) is 0 Å². The van der Waals surface area contributed by atoms with Gasteiger partial charge in [-0.3, -0.25) is 18.6 Å². The molecule has 0 saturated heterocycles. The zero-order valence-corrected chi connectivity index (χ0v) is 17.7. The Morgan fingerprint density at radius 2 is 1.83 bits per heavy atom. The maximum atomic E-state index is 13.0. The van der Waals surface area contributed by atoms with E-state index in [-0.39, 0.29) is 11.5 Å². The third-order valence-corrected chi connectivity index (χ3v) is 5.95. The SMILES string of the molecule is CCCCn1c(=O)c2ccccc2n2c(S[C@@H](C)C(=O)Nc3ccccc3)nnc12. The first-order valence-electron chi connectivity index (χ1n) is 9.99. The van der Waals surface area contributed by atoms with Crippen LogP contribution in [0, 0.1) is 0 Å². The highest BCUT2D eigenvalue weighted by Crippen LogP contribution is 2.26. The van der Waals surface area contributed by atoms with Crippen LogP contribution in [-0.2, 0) is 11.3 Å². The van der Waals surface area contributed by atoms with Gasteiger partial charge in [-0.1, -0.05) is 55.4 Å². The summed E-state index contributed by atoms with van der Waals surface area (Å²) in [5.41, 5.74) is 1.43. The molecule has 0 radical (unpaired) electrons. The normalized spacial score (nSPS) is 12.3. The fourth-order valence-corrected chi connectivity index (χ4v) is 4.16. The number of nitrogens with zero attached hydrogens (tertiary/aromatic N) is 4. The predicted octanol–water partition coefficient (Wildman–Crippen LogP) is 3.96. The van der Waals surface area contributed by atoms with E-state index in [1.54, 1.807) is 4.57 Å². The smallest absolute Gasteiger partial charge is 0.262 e. The number of hydrogen-bond donors (Lipinski definition) is 1. The number of carbonyl (C=O) groups excluding carboxylic acids is 1. The average molecular weight is 422 g/mol. The number of unbranched alkanes of at least 4 members (excludes halogenated alkanes) is 1. The van der Waals surface area contributed by atoms with Crippen LogP contribution in [-0.4, -0.2) is 30.3 Å². The van der Waals surface area contributed by atoms with E-state index >= 15 is 0 Å². The van der Waals surface area contributed by atoms with Crippen molar-refractivity contribution in [3.63, 3.8) is 0 Å². The molecule has 0 aliphatic carbocycles. The monoisotopic (exact) mass is 421 g/mol. The Labute approximate surface area is 178 Å². The van der Waals surface area contributed by atoms with Gasteiger partial charge in [-0.15, -0.1) is 10.2 Å². The van der Waals surface area contributed by atoms with Crippen molar-refractivity contribution < 1.29 is 4.79 Å². The lowest BCUT2D eigenvalue weighted by atomic mass is 10.2. The predicted molar refractivity (Wildman–Crippen MR) is 120 cm³/mol. The minimum Gasteiger partial charge on any atom is -0.325 e. The van der Waals surface area contributed by atoms with Gasteiger partial charge in [-0.25, -0.2) is 0 Å². The molecule has 2 aromatic carbocycles. The molecule has 2 aromatic heterocycles. The number of carbonyl (C=O) groups is 1. The number of hydrogen-bond acceptors (Lipinski definition) is 5. The largest absolute Gasteiger partial charge is 0.325 e. The lowest BCUT2D eigenvalue weighted by Gasteiger charge is -2.13. The maximum Gasteiger partial charge on any atom is 0.262 e. The number of benzene rings is 2. The van der Waals surface area contributed by atoms with Crippen molar-refractivity contribution in [1.29, 1.82) is 0 Å². The van der Waals surface area contributed by atoms with E-state index < -0.39 is 5.25 Å². The van der Waals surface area contributed by atoms with Crippen LogP contribution in [0.15, 0.2) is 64.5 Å². The molecule has 1 atom stereocenters. The maximum absolute atomic E-state index is 13.0. The standard InChI is InChI=1S/C22H23N5O2S/c1-3-4-14-26-20(29)17-12-8-9-13-18(17)27-21(26)24-25-22(27)30-15(2)19(28)23-16-10-6-5-7-11-16/h5-13,15H,3-4,14H2,1-2H3,(H,23,28)/t15-/m0/s1. The first-order chi connectivity index (χ1) is 14.6. The second kappa shape index (κ2) is 8.71. The van der Waals surface area contributed by atoms with Crippen LogP contribution >= 0.6 is 11.8 Å². The van der Waals surface area contributed by atoms with Crippen LogP contribution in [0.3, 0.4) is 0 Å². The molecule has 2 heterocycles. The summed E-state index contributed by atoms with van der Waals surface area (Å²) in [6.45, 7) is 4.50. The van der Waals surface area contributed by atoms with Crippen molar-refractivity contribution in [2.24, 2.45) is 0 Å². The molecule has 0 aliphatic rings. The molecule has 1 N–H and O–H groups in total. The van der Waals surface area contributed by atoms with E-state index in [9.17, 15) is 9.59 Å². The van der Waals surface area contributed by atoms with Crippen LogP contribution in [0.25, 0.3) is 16.7 Å². The molecule has 8 heteroatoms. The first-order valence-corrected chi connectivity index (χ1v) is 10.9. The zero-order chi connectivity index (χ0) is 21.1. The van der Waals surface area contributed by atoms with Crippen molar-refractivity contribution >= 4 is 40.0 Å². The van der Waals surface area contributed by atoms with Gasteiger partial charge >= 0.3 is 0 Å². The lowest BCUT2D eigenvalue weighted by Crippen LogP contribution is -2.24. The number of amides is 1. The Morgan fingerprint density at radius 3 is 2.60 bits per heavy atom. The molecule has 7 nitrogen and oxygen atoms in total. The molecule has 0 saturated carbocycles. The summed E-state index contributed by atoms with van der Waals surface area (Å²) in [7, 11) is 0. The van der Waals surface area contributed by atoms with E-state index in [0.717, 1.165) is 24.0 Å². The third kappa shape index (κ3) is 3.82. The van der Waals surface area contributed by atoms with Gasteiger partial charge in [-0.2, -0.15) is 0 Å². The van der Waals surface area contributed by atoms with Crippen molar-refractivity contribution in [3.8, 4) is 0 Å². The van der Waals surface area contributed by atoms with Crippen molar-refractivity contribution in [3.05, 3.63) is 65.0 Å². The molecule has 4 rings (SSSR count). The minimum atomic E-state index is -0.396. The summed E-state index contributed by atoms with van der Waals surface area (Å²) in [5.74, 6) is 0.386. The quantitative estimate of drug-likeness (QED) is 0.457. The fourth-order valence-electron chi connectivity index (χ4n) is 3.30. The molecular formula is C22H23N5O2S. The van der Waals surface area contributed by atoms with E-state index in [1.165, 1.54) is 11.8 Å². The van der Waals surface area contributed by atoms with Gasteiger partial charge in [0.25, 0.3) is 5.56 Å². The van der Waals surface area contributed by atoms with Gasteiger partial charge in [0.2, 0.25) is 11.7 Å². The lowest BCUT2D eigenvalue weighted by molar-refractivity contribution is -0.115. The molecule has 1 amide bonds. The van der Waals surface area contributed by atoms with E-state index in [4.69, 9.17) is 0 Å². The Bertz CT molecular complexity index is 1250. The highest BCUT2D eigenvalue weighted by Gasteiger charge is 2.21. The van der Waals surface area contributed by atoms with E-state index in [1.807, 2.05) is 65.9 Å². The average Bonchev–Trinajstić information content (AvgIpc) is 3.18. The number of nitrogens with one attached hydrogen (secondary N) is 1. The van der Waals surface area contributed by atoms with Gasteiger partial charge in [0, 0.05) is 12.2 Å². The topological polar surface area (TPSA) is 81.3 Å². The molecule has 0 spiro atoms. The second-order valence-corrected chi connectivity index (χ2v) is 8.37. The summed E-state index contributed by atoms with van der Waals surface area (Å²) >= 11 is 1.32. The summed E-state index contributed by atoms with van der Waals surface area (Å²) in [4.78, 5) is 25.7. The number of thioether (sulfide) groups is 1. The highest BCUT2D eigenvalue weighted by atomic mass is 32.2. The molecule has 0 unspecified atom stereocenters. The number of rotatable bonds is 7. The molecular weight excluding hydrogens is 398 g/mol. The van der Waals surface area contributed by atoms with E-state index in [2.05, 4.69) is 22.4 Å². The van der Waals surface area contributed by atoms with Gasteiger partial charge in [-0.05, 0) is 37.6 Å². The zero-order valence-electron chi connectivity index (χ0n) is 16.9. The number of aryl methyl sites for hydroxylation is 1. The Kier molecular flexibility index (Phi) is 5.85. The van der Waals surface area contributed by atoms with Crippen LogP contribution in [0.5, 0.6) is 0 Å². The number of aromatic nitrogens is 4. The van der Waals surface area contributed by atoms with Crippen molar-refractivity contribution in [2.75, 3.05) is 5.32 Å². The van der Waals surface area contributed by atoms with Crippen LogP contribution in [0.1, 0.15) is 26.7 Å². The fraction of sp³-hybridized carbons (Fsp3) is 0.273. The Balaban J connectivity index is 1.72. The molecule has 0 bridgehead atoms.